The fraction of sp³-hybridized carbons (Fsp3) is 0.615. The van der Waals surface area contributed by atoms with E-state index in [1.165, 1.54) is 4.21 Å². The van der Waals surface area contributed by atoms with E-state index in [9.17, 15) is 4.79 Å². The van der Waals surface area contributed by atoms with Crippen LogP contribution >= 0.6 is 23.1 Å². The Morgan fingerprint density at radius 1 is 1.56 bits per heavy atom. The van der Waals surface area contributed by atoms with Crippen LogP contribution in [-0.4, -0.2) is 35.7 Å². The molecule has 0 spiro atoms. The molecule has 100 valence electrons. The van der Waals surface area contributed by atoms with Gasteiger partial charge < -0.3 is 10.6 Å². The second-order valence-electron chi connectivity index (χ2n) is 4.56. The van der Waals surface area contributed by atoms with Crippen LogP contribution in [0.3, 0.4) is 0 Å². The highest BCUT2D eigenvalue weighted by atomic mass is 32.2. The first-order valence-electron chi connectivity index (χ1n) is 6.48. The van der Waals surface area contributed by atoms with Gasteiger partial charge in [0.05, 0.1) is 9.09 Å². The second-order valence-corrected chi connectivity index (χ2v) is 7.21. The number of likely N-dealkylation sites (tertiary alicyclic amines) is 1. The molecule has 0 radical (unpaired) electrons. The van der Waals surface area contributed by atoms with Gasteiger partial charge in [0.2, 0.25) is 0 Å². The number of thiophene rings is 1. The number of carbonyl (C=O) groups is 1. The van der Waals surface area contributed by atoms with Crippen molar-refractivity contribution in [2.45, 2.75) is 36.4 Å². The fourth-order valence-corrected chi connectivity index (χ4v) is 4.18. The van der Waals surface area contributed by atoms with Gasteiger partial charge in [0.1, 0.15) is 0 Å². The zero-order valence-electron chi connectivity index (χ0n) is 10.7. The number of hydrogen-bond donors (Lipinski definition) is 1. The summed E-state index contributed by atoms with van der Waals surface area (Å²) in [5.41, 5.74) is 6.00. The highest BCUT2D eigenvalue weighted by Gasteiger charge is 2.22. The molecule has 1 unspecified atom stereocenters. The molecule has 3 nitrogen and oxygen atoms in total. The third-order valence-electron chi connectivity index (χ3n) is 3.07. The molecule has 0 aliphatic carbocycles. The van der Waals surface area contributed by atoms with E-state index >= 15 is 0 Å². The number of hydrogen-bond acceptors (Lipinski definition) is 4. The lowest BCUT2D eigenvalue weighted by Crippen LogP contribution is -2.39. The molecule has 2 heterocycles. The summed E-state index contributed by atoms with van der Waals surface area (Å²) in [5, 5.41) is 0. The van der Waals surface area contributed by atoms with Gasteiger partial charge in [-0.2, -0.15) is 0 Å². The summed E-state index contributed by atoms with van der Waals surface area (Å²) in [4.78, 5) is 15.2. The first-order chi connectivity index (χ1) is 8.70. The van der Waals surface area contributed by atoms with Gasteiger partial charge in [-0.05, 0) is 30.7 Å². The molecule has 1 amide bonds. The zero-order chi connectivity index (χ0) is 13.0. The number of amides is 1. The van der Waals surface area contributed by atoms with Crippen LogP contribution < -0.4 is 5.73 Å². The molecule has 5 heteroatoms. The lowest BCUT2D eigenvalue weighted by Gasteiger charge is -2.21. The highest BCUT2D eigenvalue weighted by Crippen LogP contribution is 2.28. The molecule has 1 aromatic rings. The summed E-state index contributed by atoms with van der Waals surface area (Å²) in [7, 11) is 0. The van der Waals surface area contributed by atoms with E-state index in [0.717, 1.165) is 36.4 Å². The summed E-state index contributed by atoms with van der Waals surface area (Å²) >= 11 is 3.39. The SMILES string of the molecule is CCSc1ccc(C(=O)N2CCCCC(N)C2)s1. The van der Waals surface area contributed by atoms with Crippen molar-refractivity contribution in [2.75, 3.05) is 18.8 Å². The van der Waals surface area contributed by atoms with Crippen molar-refractivity contribution >= 4 is 29.0 Å². The van der Waals surface area contributed by atoms with Gasteiger partial charge in [-0.1, -0.05) is 13.3 Å². The number of nitrogens with two attached hydrogens (primary N) is 1. The predicted molar refractivity (Wildman–Crippen MR) is 78.4 cm³/mol. The molecule has 0 saturated carbocycles. The summed E-state index contributed by atoms with van der Waals surface area (Å²) in [6.07, 6.45) is 3.23. The Bertz CT molecular complexity index is 405. The van der Waals surface area contributed by atoms with E-state index in [-0.39, 0.29) is 11.9 Å². The van der Waals surface area contributed by atoms with Crippen molar-refractivity contribution in [3.8, 4) is 0 Å². The molecule has 2 N–H and O–H groups in total. The van der Waals surface area contributed by atoms with E-state index in [1.54, 1.807) is 23.1 Å². The number of nitrogens with zero attached hydrogens (tertiary/aromatic N) is 1. The number of rotatable bonds is 3. The Morgan fingerprint density at radius 2 is 2.39 bits per heavy atom. The van der Waals surface area contributed by atoms with Gasteiger partial charge in [-0.3, -0.25) is 4.79 Å². The van der Waals surface area contributed by atoms with E-state index in [2.05, 4.69) is 6.92 Å². The molecular formula is C13H20N2OS2. The predicted octanol–water partition coefficient (Wildman–Crippen LogP) is 2.81. The van der Waals surface area contributed by atoms with Crippen molar-refractivity contribution in [2.24, 2.45) is 5.73 Å². The number of carbonyl (C=O) groups excluding carboxylic acids is 1. The molecule has 1 aromatic heterocycles. The first kappa shape index (κ1) is 13.9. The third kappa shape index (κ3) is 3.49. The molecule has 18 heavy (non-hydrogen) atoms. The molecule has 0 aromatic carbocycles. The van der Waals surface area contributed by atoms with Crippen molar-refractivity contribution in [1.29, 1.82) is 0 Å². The lowest BCUT2D eigenvalue weighted by molar-refractivity contribution is 0.0760. The van der Waals surface area contributed by atoms with E-state index < -0.39 is 0 Å². The largest absolute Gasteiger partial charge is 0.336 e. The van der Waals surface area contributed by atoms with Gasteiger partial charge in [0.25, 0.3) is 5.91 Å². The van der Waals surface area contributed by atoms with Crippen LogP contribution in [0.2, 0.25) is 0 Å². The average Bonchev–Trinajstić information content (AvgIpc) is 2.70. The zero-order valence-corrected chi connectivity index (χ0v) is 12.4. The monoisotopic (exact) mass is 284 g/mol. The smallest absolute Gasteiger partial charge is 0.264 e. The van der Waals surface area contributed by atoms with Gasteiger partial charge in [0.15, 0.2) is 0 Å². The molecule has 1 fully saturated rings. The normalized spacial score (nSPS) is 20.8. The Morgan fingerprint density at radius 3 is 3.17 bits per heavy atom. The minimum atomic E-state index is 0.140. The van der Waals surface area contributed by atoms with E-state index in [0.29, 0.717) is 6.54 Å². The van der Waals surface area contributed by atoms with E-state index in [4.69, 9.17) is 5.73 Å². The molecule has 1 aliphatic rings. The maximum atomic E-state index is 12.4. The molecule has 1 aliphatic heterocycles. The maximum absolute atomic E-state index is 12.4. The fourth-order valence-electron chi connectivity index (χ4n) is 2.17. The van der Waals surface area contributed by atoms with Crippen molar-refractivity contribution in [1.82, 2.24) is 4.90 Å². The van der Waals surface area contributed by atoms with Gasteiger partial charge >= 0.3 is 0 Å². The van der Waals surface area contributed by atoms with Crippen molar-refractivity contribution in [3.05, 3.63) is 17.0 Å². The quantitative estimate of drug-likeness (QED) is 0.868. The lowest BCUT2D eigenvalue weighted by atomic mass is 10.2. The molecule has 0 bridgehead atoms. The Balaban J connectivity index is 2.04. The minimum absolute atomic E-state index is 0.140. The van der Waals surface area contributed by atoms with Crippen LogP contribution in [0.25, 0.3) is 0 Å². The molecule has 1 saturated heterocycles. The molecule has 2 rings (SSSR count). The first-order valence-corrected chi connectivity index (χ1v) is 8.28. The van der Waals surface area contributed by atoms with E-state index in [1.807, 2.05) is 17.0 Å². The topological polar surface area (TPSA) is 46.3 Å². The van der Waals surface area contributed by atoms with Gasteiger partial charge in [-0.15, -0.1) is 23.1 Å². The maximum Gasteiger partial charge on any atom is 0.264 e. The van der Waals surface area contributed by atoms with Crippen LogP contribution in [-0.2, 0) is 0 Å². The number of thioether (sulfide) groups is 1. The van der Waals surface area contributed by atoms with Crippen molar-refractivity contribution in [3.63, 3.8) is 0 Å². The van der Waals surface area contributed by atoms with Gasteiger partial charge in [-0.25, -0.2) is 0 Å². The second kappa shape index (κ2) is 6.59. The summed E-state index contributed by atoms with van der Waals surface area (Å²) in [6, 6.07) is 4.13. The molecule has 1 atom stereocenters. The van der Waals surface area contributed by atoms with Crippen LogP contribution in [0.15, 0.2) is 16.3 Å². The van der Waals surface area contributed by atoms with Crippen molar-refractivity contribution < 1.29 is 4.79 Å². The average molecular weight is 284 g/mol. The van der Waals surface area contributed by atoms with Crippen LogP contribution in [0.5, 0.6) is 0 Å². The van der Waals surface area contributed by atoms with Crippen LogP contribution in [0, 0.1) is 0 Å². The summed E-state index contributed by atoms with van der Waals surface area (Å²) < 4.78 is 1.22. The Labute approximate surface area is 117 Å². The summed E-state index contributed by atoms with van der Waals surface area (Å²) in [6.45, 7) is 3.67. The minimum Gasteiger partial charge on any atom is -0.336 e. The summed E-state index contributed by atoms with van der Waals surface area (Å²) in [5.74, 6) is 1.20. The van der Waals surface area contributed by atoms with Crippen LogP contribution in [0.4, 0.5) is 0 Å². The third-order valence-corrected chi connectivity index (χ3v) is 5.25. The molecular weight excluding hydrogens is 264 g/mol. The Kier molecular flexibility index (Phi) is 5.09. The Hall–Kier alpha value is -0.520. The standard InChI is InChI=1S/C13H20N2OS2/c1-2-17-12-7-6-11(18-12)13(16)15-8-4-3-5-10(14)9-15/h6-7,10H,2-5,8-9,14H2,1H3. The van der Waals surface area contributed by atoms with Crippen LogP contribution in [0.1, 0.15) is 35.9 Å². The highest BCUT2D eigenvalue weighted by molar-refractivity contribution is 8.01. The van der Waals surface area contributed by atoms with Gasteiger partial charge in [0, 0.05) is 19.1 Å².